The molecule has 1 aliphatic carbocycles. The van der Waals surface area contributed by atoms with Gasteiger partial charge in [0.15, 0.2) is 0 Å². The molecule has 0 aliphatic heterocycles. The van der Waals surface area contributed by atoms with Gasteiger partial charge in [0.05, 0.1) is 12.1 Å². The van der Waals surface area contributed by atoms with E-state index in [4.69, 9.17) is 4.84 Å². The quantitative estimate of drug-likeness (QED) is 0.412. The van der Waals surface area contributed by atoms with E-state index in [1.54, 1.807) is 6.92 Å². The summed E-state index contributed by atoms with van der Waals surface area (Å²) in [5, 5.41) is 0. The first-order valence-corrected chi connectivity index (χ1v) is 5.19. The summed E-state index contributed by atoms with van der Waals surface area (Å²) in [6, 6.07) is -0.191. The molecule has 0 aromatic rings. The fourth-order valence-electron chi connectivity index (χ4n) is 1.59. The monoisotopic (exact) mass is 185 g/mol. The van der Waals surface area contributed by atoms with Gasteiger partial charge in [0.1, 0.15) is 6.29 Å². The van der Waals surface area contributed by atoms with Crippen molar-refractivity contribution in [2.45, 2.75) is 57.6 Å². The highest BCUT2D eigenvalue weighted by molar-refractivity contribution is 5.56. The number of hydroxylamine groups is 1. The van der Waals surface area contributed by atoms with Crippen molar-refractivity contribution in [3.05, 3.63) is 0 Å². The first kappa shape index (κ1) is 10.7. The highest BCUT2D eigenvalue weighted by Gasteiger charge is 2.13. The second-order valence-corrected chi connectivity index (χ2v) is 3.77. The molecule has 0 saturated heterocycles. The lowest BCUT2D eigenvalue weighted by molar-refractivity contribution is -0.115. The van der Waals surface area contributed by atoms with Gasteiger partial charge in [-0.05, 0) is 19.8 Å². The number of aldehydes is 1. The van der Waals surface area contributed by atoms with Gasteiger partial charge in [-0.25, -0.2) is 0 Å². The van der Waals surface area contributed by atoms with Crippen LogP contribution in [0.4, 0.5) is 0 Å². The molecule has 0 unspecified atom stereocenters. The predicted octanol–water partition coefficient (Wildman–Crippen LogP) is 1.82. The Labute approximate surface area is 79.8 Å². The number of hydrogen-bond donors (Lipinski definition) is 1. The predicted molar refractivity (Wildman–Crippen MR) is 51.2 cm³/mol. The minimum Gasteiger partial charge on any atom is -0.302 e. The smallest absolute Gasteiger partial charge is 0.138 e. The van der Waals surface area contributed by atoms with Crippen molar-refractivity contribution < 1.29 is 9.63 Å². The maximum atomic E-state index is 10.3. The SMILES string of the molecule is C[C@@H](C=O)NOC1CCCCCC1. The van der Waals surface area contributed by atoms with Crippen LogP contribution in [-0.2, 0) is 9.63 Å². The minimum atomic E-state index is -0.191. The molecule has 76 valence electrons. The van der Waals surface area contributed by atoms with E-state index in [9.17, 15) is 4.79 Å². The van der Waals surface area contributed by atoms with E-state index >= 15 is 0 Å². The van der Waals surface area contributed by atoms with Gasteiger partial charge in [0, 0.05) is 0 Å². The second kappa shape index (κ2) is 6.11. The third kappa shape index (κ3) is 4.39. The lowest BCUT2D eigenvalue weighted by atomic mass is 10.2. The molecule has 0 bridgehead atoms. The van der Waals surface area contributed by atoms with Crippen LogP contribution in [0, 0.1) is 0 Å². The Kier molecular flexibility index (Phi) is 5.01. The van der Waals surface area contributed by atoms with Gasteiger partial charge in [0.2, 0.25) is 0 Å². The van der Waals surface area contributed by atoms with Crippen molar-refractivity contribution in [1.29, 1.82) is 0 Å². The molecule has 3 nitrogen and oxygen atoms in total. The summed E-state index contributed by atoms with van der Waals surface area (Å²) in [6.45, 7) is 1.80. The molecular weight excluding hydrogens is 166 g/mol. The molecule has 1 aliphatic rings. The molecule has 0 aromatic carbocycles. The van der Waals surface area contributed by atoms with Crippen LogP contribution in [0.5, 0.6) is 0 Å². The number of rotatable bonds is 4. The average Bonchev–Trinajstić information content (AvgIpc) is 2.42. The van der Waals surface area contributed by atoms with Gasteiger partial charge in [0.25, 0.3) is 0 Å². The molecule has 1 N–H and O–H groups in total. The highest BCUT2D eigenvalue weighted by Crippen LogP contribution is 2.18. The normalized spacial score (nSPS) is 22.2. The minimum absolute atomic E-state index is 0.191. The average molecular weight is 185 g/mol. The molecule has 0 radical (unpaired) electrons. The van der Waals surface area contributed by atoms with Crippen LogP contribution >= 0.6 is 0 Å². The van der Waals surface area contributed by atoms with E-state index < -0.39 is 0 Å². The van der Waals surface area contributed by atoms with Crippen LogP contribution < -0.4 is 5.48 Å². The fraction of sp³-hybridized carbons (Fsp3) is 0.900. The summed E-state index contributed by atoms with van der Waals surface area (Å²) in [5.74, 6) is 0. The lowest BCUT2D eigenvalue weighted by Gasteiger charge is -2.16. The molecule has 0 aromatic heterocycles. The molecule has 1 rings (SSSR count). The molecule has 0 spiro atoms. The Morgan fingerprint density at radius 2 is 1.92 bits per heavy atom. The molecule has 3 heteroatoms. The number of nitrogens with one attached hydrogen (secondary N) is 1. The Hall–Kier alpha value is -0.410. The molecule has 1 saturated carbocycles. The third-order valence-electron chi connectivity index (χ3n) is 2.43. The van der Waals surface area contributed by atoms with Crippen LogP contribution in [0.3, 0.4) is 0 Å². The summed E-state index contributed by atoms with van der Waals surface area (Å²) in [5.41, 5.74) is 2.76. The number of carbonyl (C=O) groups is 1. The molecule has 1 fully saturated rings. The van der Waals surface area contributed by atoms with Crippen molar-refractivity contribution in [3.8, 4) is 0 Å². The van der Waals surface area contributed by atoms with Crippen LogP contribution in [0.2, 0.25) is 0 Å². The molecule has 0 amide bonds. The van der Waals surface area contributed by atoms with E-state index in [2.05, 4.69) is 5.48 Å². The van der Waals surface area contributed by atoms with Gasteiger partial charge in [-0.3, -0.25) is 4.84 Å². The largest absolute Gasteiger partial charge is 0.302 e. The van der Waals surface area contributed by atoms with Crippen LogP contribution in [-0.4, -0.2) is 18.4 Å². The van der Waals surface area contributed by atoms with Crippen molar-refractivity contribution in [2.75, 3.05) is 0 Å². The number of carbonyl (C=O) groups excluding carboxylic acids is 1. The maximum Gasteiger partial charge on any atom is 0.138 e. The summed E-state index contributed by atoms with van der Waals surface area (Å²) in [4.78, 5) is 15.7. The molecule has 0 heterocycles. The molecular formula is C10H19NO2. The van der Waals surface area contributed by atoms with E-state index in [1.807, 2.05) is 0 Å². The van der Waals surface area contributed by atoms with Crippen LogP contribution in [0.25, 0.3) is 0 Å². The van der Waals surface area contributed by atoms with E-state index in [0.29, 0.717) is 6.10 Å². The Morgan fingerprint density at radius 1 is 1.31 bits per heavy atom. The van der Waals surface area contributed by atoms with Crippen molar-refractivity contribution in [1.82, 2.24) is 5.48 Å². The van der Waals surface area contributed by atoms with Gasteiger partial charge >= 0.3 is 0 Å². The summed E-state index contributed by atoms with van der Waals surface area (Å²) in [7, 11) is 0. The van der Waals surface area contributed by atoms with Gasteiger partial charge < -0.3 is 4.79 Å². The summed E-state index contributed by atoms with van der Waals surface area (Å²) in [6.07, 6.45) is 8.56. The van der Waals surface area contributed by atoms with Crippen molar-refractivity contribution in [2.24, 2.45) is 0 Å². The van der Waals surface area contributed by atoms with E-state index in [-0.39, 0.29) is 6.04 Å². The standard InChI is InChI=1S/C10H19NO2/c1-9(8-12)11-13-10-6-4-2-3-5-7-10/h8-11H,2-7H2,1H3/t9-/m0/s1. The van der Waals surface area contributed by atoms with E-state index in [0.717, 1.165) is 19.1 Å². The molecule has 1 atom stereocenters. The lowest BCUT2D eigenvalue weighted by Crippen LogP contribution is -2.32. The third-order valence-corrected chi connectivity index (χ3v) is 2.43. The van der Waals surface area contributed by atoms with E-state index in [1.165, 1.54) is 25.7 Å². The van der Waals surface area contributed by atoms with Gasteiger partial charge in [-0.15, -0.1) is 0 Å². The highest BCUT2D eigenvalue weighted by atomic mass is 16.7. The Balaban J connectivity index is 2.14. The fourth-order valence-corrected chi connectivity index (χ4v) is 1.59. The summed E-state index contributed by atoms with van der Waals surface area (Å²) >= 11 is 0. The Morgan fingerprint density at radius 3 is 2.46 bits per heavy atom. The van der Waals surface area contributed by atoms with Crippen molar-refractivity contribution in [3.63, 3.8) is 0 Å². The zero-order valence-corrected chi connectivity index (χ0v) is 8.29. The number of hydrogen-bond acceptors (Lipinski definition) is 3. The van der Waals surface area contributed by atoms with Gasteiger partial charge in [-0.1, -0.05) is 25.7 Å². The topological polar surface area (TPSA) is 38.3 Å². The first-order chi connectivity index (χ1) is 6.33. The zero-order valence-electron chi connectivity index (χ0n) is 8.29. The summed E-state index contributed by atoms with van der Waals surface area (Å²) < 4.78 is 0. The van der Waals surface area contributed by atoms with Crippen LogP contribution in [0.1, 0.15) is 45.4 Å². The second-order valence-electron chi connectivity index (χ2n) is 3.77. The van der Waals surface area contributed by atoms with Crippen LogP contribution in [0.15, 0.2) is 0 Å². The zero-order chi connectivity index (χ0) is 9.52. The van der Waals surface area contributed by atoms with Gasteiger partial charge in [-0.2, -0.15) is 5.48 Å². The molecule has 13 heavy (non-hydrogen) atoms. The first-order valence-electron chi connectivity index (χ1n) is 5.19. The van der Waals surface area contributed by atoms with Crippen molar-refractivity contribution >= 4 is 6.29 Å². The maximum absolute atomic E-state index is 10.3. The Bertz CT molecular complexity index is 142.